The molecule has 0 saturated carbocycles. The third-order valence-electron chi connectivity index (χ3n) is 6.18. The molecule has 7 heteroatoms. The first-order chi connectivity index (χ1) is 15.7. The zero-order valence-corrected chi connectivity index (χ0v) is 19.5. The third-order valence-corrected chi connectivity index (χ3v) is 6.18. The van der Waals surface area contributed by atoms with Gasteiger partial charge in [-0.3, -0.25) is 4.79 Å². The van der Waals surface area contributed by atoms with Gasteiger partial charge >= 0.3 is 6.03 Å². The summed E-state index contributed by atoms with van der Waals surface area (Å²) in [5.74, 6) is 0.335. The minimum atomic E-state index is -0.409. The van der Waals surface area contributed by atoms with Crippen molar-refractivity contribution in [3.63, 3.8) is 0 Å². The van der Waals surface area contributed by atoms with Crippen molar-refractivity contribution in [2.75, 3.05) is 31.6 Å². The lowest BCUT2D eigenvalue weighted by atomic mass is 9.89. The molecule has 2 aromatic rings. The van der Waals surface area contributed by atoms with Crippen LogP contribution >= 0.6 is 0 Å². The van der Waals surface area contributed by atoms with E-state index in [9.17, 15) is 14.7 Å². The summed E-state index contributed by atoms with van der Waals surface area (Å²) in [5, 5.41) is 23.9. The van der Waals surface area contributed by atoms with Crippen molar-refractivity contribution in [1.29, 1.82) is 5.26 Å². The molecule has 1 fully saturated rings. The summed E-state index contributed by atoms with van der Waals surface area (Å²) in [6, 6.07) is 14.8. The van der Waals surface area contributed by atoms with E-state index in [0.29, 0.717) is 42.4 Å². The molecule has 7 nitrogen and oxygen atoms in total. The fourth-order valence-electron chi connectivity index (χ4n) is 3.86. The molecule has 0 atom stereocenters. The first-order valence-corrected chi connectivity index (χ1v) is 11.3. The van der Waals surface area contributed by atoms with E-state index in [1.165, 1.54) is 5.56 Å². The first kappa shape index (κ1) is 24.3. The molecule has 2 aromatic carbocycles. The Morgan fingerprint density at radius 3 is 2.42 bits per heavy atom. The molecule has 0 radical (unpaired) electrons. The molecule has 1 aliphatic rings. The van der Waals surface area contributed by atoms with Crippen LogP contribution in [0, 0.1) is 23.7 Å². The monoisotopic (exact) mass is 448 g/mol. The van der Waals surface area contributed by atoms with Crippen LogP contribution in [0.5, 0.6) is 0 Å². The summed E-state index contributed by atoms with van der Waals surface area (Å²) >= 11 is 0. The van der Waals surface area contributed by atoms with E-state index in [-0.39, 0.29) is 18.5 Å². The third kappa shape index (κ3) is 6.33. The number of aliphatic hydroxyl groups is 1. The number of nitrogens with one attached hydrogen (secondary N) is 2. The number of carbonyl (C=O) groups is 2. The number of hydrogen-bond donors (Lipinski definition) is 3. The largest absolute Gasteiger partial charge is 0.396 e. The number of urea groups is 1. The second-order valence-corrected chi connectivity index (χ2v) is 9.46. The highest BCUT2D eigenvalue weighted by molar-refractivity contribution is 5.97. The van der Waals surface area contributed by atoms with Crippen molar-refractivity contribution in [2.24, 2.45) is 5.41 Å². The summed E-state index contributed by atoms with van der Waals surface area (Å²) in [6.45, 7) is 7.24. The Bertz CT molecular complexity index is 1030. The minimum Gasteiger partial charge on any atom is -0.396 e. The normalized spacial score (nSPS) is 14.5. The number of anilines is 1. The molecule has 1 heterocycles. The average molecular weight is 449 g/mol. The molecule has 1 saturated heterocycles. The van der Waals surface area contributed by atoms with Crippen LogP contribution in [0.2, 0.25) is 0 Å². The predicted molar refractivity (Wildman–Crippen MR) is 128 cm³/mol. The van der Waals surface area contributed by atoms with Crippen molar-refractivity contribution >= 4 is 17.6 Å². The molecule has 1 aliphatic heterocycles. The summed E-state index contributed by atoms with van der Waals surface area (Å²) in [4.78, 5) is 27.3. The zero-order chi connectivity index (χ0) is 24.0. The lowest BCUT2D eigenvalue weighted by Crippen LogP contribution is -2.39. The fraction of sp³-hybridized carbons (Fsp3) is 0.423. The van der Waals surface area contributed by atoms with Gasteiger partial charge in [0.2, 0.25) is 0 Å². The number of likely N-dealkylation sites (tertiary alicyclic amines) is 1. The minimum absolute atomic E-state index is 0.0296. The van der Waals surface area contributed by atoms with Gasteiger partial charge in [0.05, 0.1) is 11.6 Å². The predicted octanol–water partition coefficient (Wildman–Crippen LogP) is 4.03. The Balaban J connectivity index is 1.60. The van der Waals surface area contributed by atoms with Crippen LogP contribution < -0.4 is 10.6 Å². The second-order valence-electron chi connectivity index (χ2n) is 9.46. The smallest absolute Gasteiger partial charge is 0.319 e. The van der Waals surface area contributed by atoms with Crippen LogP contribution in [-0.4, -0.2) is 48.2 Å². The van der Waals surface area contributed by atoms with Crippen LogP contribution in [0.3, 0.4) is 0 Å². The molecular formula is C26H32N4O3. The highest BCUT2D eigenvalue weighted by Gasteiger charge is 2.25. The van der Waals surface area contributed by atoms with Crippen LogP contribution in [0.4, 0.5) is 10.5 Å². The molecule has 174 valence electrons. The number of hydrogen-bond acceptors (Lipinski definition) is 4. The van der Waals surface area contributed by atoms with Crippen LogP contribution in [0.1, 0.15) is 59.7 Å². The van der Waals surface area contributed by atoms with Gasteiger partial charge in [-0.25, -0.2) is 4.79 Å². The molecule has 0 aliphatic carbocycles. The van der Waals surface area contributed by atoms with Gasteiger partial charge < -0.3 is 20.6 Å². The first-order valence-electron chi connectivity index (χ1n) is 11.3. The summed E-state index contributed by atoms with van der Waals surface area (Å²) < 4.78 is 0. The number of piperidine rings is 1. The van der Waals surface area contributed by atoms with Gasteiger partial charge in [0, 0.05) is 42.9 Å². The van der Waals surface area contributed by atoms with E-state index in [1.54, 1.807) is 12.1 Å². The number of nitrogens with zero attached hydrogens (tertiary/aromatic N) is 2. The van der Waals surface area contributed by atoms with E-state index in [4.69, 9.17) is 5.26 Å². The molecule has 3 N–H and O–H groups in total. The SMILES string of the molecule is Cc1ccc(C(=O)N2CCC(c3ccc(C#N)cc3)CC2)cc1NC(=O)NCC(C)(C)CO. The van der Waals surface area contributed by atoms with Crippen molar-refractivity contribution in [3.05, 3.63) is 64.7 Å². The van der Waals surface area contributed by atoms with Gasteiger partial charge in [-0.05, 0) is 61.1 Å². The average Bonchev–Trinajstić information content (AvgIpc) is 2.84. The Hall–Kier alpha value is -3.37. The fourth-order valence-corrected chi connectivity index (χ4v) is 3.86. The van der Waals surface area contributed by atoms with Crippen molar-refractivity contribution in [2.45, 2.75) is 39.5 Å². The number of amides is 3. The van der Waals surface area contributed by atoms with Gasteiger partial charge in [-0.1, -0.05) is 32.0 Å². The van der Waals surface area contributed by atoms with Crippen LogP contribution in [0.15, 0.2) is 42.5 Å². The lowest BCUT2D eigenvalue weighted by molar-refractivity contribution is 0.0713. The molecule has 0 unspecified atom stereocenters. The Kier molecular flexibility index (Phi) is 7.72. The molecule has 0 bridgehead atoms. The van der Waals surface area contributed by atoms with Crippen LogP contribution in [0.25, 0.3) is 0 Å². The van der Waals surface area contributed by atoms with Crippen molar-refractivity contribution in [1.82, 2.24) is 10.2 Å². The number of nitriles is 1. The Labute approximate surface area is 195 Å². The maximum Gasteiger partial charge on any atom is 0.319 e. The second kappa shape index (κ2) is 10.5. The Morgan fingerprint density at radius 2 is 1.82 bits per heavy atom. The maximum absolute atomic E-state index is 13.1. The molecule has 3 rings (SSSR count). The molecule has 3 amide bonds. The van der Waals surface area contributed by atoms with E-state index in [2.05, 4.69) is 16.7 Å². The van der Waals surface area contributed by atoms with Gasteiger partial charge in [0.15, 0.2) is 0 Å². The number of benzene rings is 2. The molecule has 0 aromatic heterocycles. The van der Waals surface area contributed by atoms with Crippen LogP contribution in [-0.2, 0) is 0 Å². The van der Waals surface area contributed by atoms with E-state index in [1.807, 2.05) is 56.0 Å². The quantitative estimate of drug-likeness (QED) is 0.620. The summed E-state index contributed by atoms with van der Waals surface area (Å²) in [5.41, 5.74) is 3.45. The topological polar surface area (TPSA) is 105 Å². The highest BCUT2D eigenvalue weighted by atomic mass is 16.3. The van der Waals surface area contributed by atoms with E-state index >= 15 is 0 Å². The van der Waals surface area contributed by atoms with Gasteiger partial charge in [0.25, 0.3) is 5.91 Å². The van der Waals surface area contributed by atoms with Gasteiger partial charge in [-0.2, -0.15) is 5.26 Å². The maximum atomic E-state index is 13.1. The number of carbonyl (C=O) groups excluding carboxylic acids is 2. The zero-order valence-electron chi connectivity index (χ0n) is 19.5. The summed E-state index contributed by atoms with van der Waals surface area (Å²) in [6.07, 6.45) is 1.75. The summed E-state index contributed by atoms with van der Waals surface area (Å²) in [7, 11) is 0. The lowest BCUT2D eigenvalue weighted by Gasteiger charge is -2.32. The van der Waals surface area contributed by atoms with Gasteiger partial charge in [0.1, 0.15) is 0 Å². The van der Waals surface area contributed by atoms with Crippen molar-refractivity contribution < 1.29 is 14.7 Å². The van der Waals surface area contributed by atoms with Crippen molar-refractivity contribution in [3.8, 4) is 6.07 Å². The van der Waals surface area contributed by atoms with Gasteiger partial charge in [-0.15, -0.1) is 0 Å². The molecular weight excluding hydrogens is 416 g/mol. The number of aliphatic hydroxyl groups excluding tert-OH is 1. The Morgan fingerprint density at radius 1 is 1.15 bits per heavy atom. The van der Waals surface area contributed by atoms with E-state index < -0.39 is 5.41 Å². The highest BCUT2D eigenvalue weighted by Crippen LogP contribution is 2.29. The molecule has 0 spiro atoms. The standard InChI is InChI=1S/C26H32N4O3/c1-18-4-7-22(14-23(18)29-25(33)28-16-26(2,3)17-31)24(32)30-12-10-21(11-13-30)20-8-5-19(15-27)6-9-20/h4-9,14,21,31H,10-13,16-17H2,1-3H3,(H2,28,29,33). The van der Waals surface area contributed by atoms with E-state index in [0.717, 1.165) is 18.4 Å². The number of aryl methyl sites for hydroxylation is 1. The number of rotatable bonds is 6. The molecule has 33 heavy (non-hydrogen) atoms.